The molecule has 0 amide bonds. The van der Waals surface area contributed by atoms with Crippen molar-refractivity contribution < 1.29 is 14.9 Å². The van der Waals surface area contributed by atoms with Crippen molar-refractivity contribution in [3.8, 4) is 0 Å². The summed E-state index contributed by atoms with van der Waals surface area (Å²) in [6.07, 6.45) is 0.000337. The van der Waals surface area contributed by atoms with E-state index in [9.17, 15) is 0 Å². The third kappa shape index (κ3) is 4.73. The Bertz CT molecular complexity index is 313. The predicted molar refractivity (Wildman–Crippen MR) is 67.8 cm³/mol. The van der Waals surface area contributed by atoms with Gasteiger partial charge in [-0.1, -0.05) is 26.0 Å². The molecular weight excluding hydrogens is 218 g/mol. The van der Waals surface area contributed by atoms with Crippen LogP contribution in [0, 0.1) is 0 Å². The molecule has 0 bridgehead atoms. The van der Waals surface area contributed by atoms with Gasteiger partial charge in [0, 0.05) is 5.69 Å². The fourth-order valence-electron chi connectivity index (χ4n) is 1.44. The molecule has 0 saturated heterocycles. The van der Waals surface area contributed by atoms with Gasteiger partial charge >= 0.3 is 0 Å². The summed E-state index contributed by atoms with van der Waals surface area (Å²) in [4.78, 5) is 0. The van der Waals surface area contributed by atoms with Crippen LogP contribution in [0.15, 0.2) is 24.3 Å². The number of benzene rings is 1. The van der Waals surface area contributed by atoms with Crippen LogP contribution in [0.5, 0.6) is 0 Å². The van der Waals surface area contributed by atoms with Gasteiger partial charge in [-0.15, -0.1) is 0 Å². The van der Waals surface area contributed by atoms with Gasteiger partial charge in [0.15, 0.2) is 6.29 Å². The Morgan fingerprint density at radius 2 is 1.94 bits per heavy atom. The summed E-state index contributed by atoms with van der Waals surface area (Å²) in [5.41, 5.74) is 2.25. The summed E-state index contributed by atoms with van der Waals surface area (Å²) >= 11 is 0. The van der Waals surface area contributed by atoms with E-state index in [4.69, 9.17) is 14.9 Å². The van der Waals surface area contributed by atoms with Crippen LogP contribution in [0.4, 0.5) is 5.69 Å². The van der Waals surface area contributed by atoms with Crippen molar-refractivity contribution in [1.82, 2.24) is 0 Å². The van der Waals surface area contributed by atoms with Gasteiger partial charge in [0.05, 0.1) is 6.61 Å². The molecule has 4 heteroatoms. The molecule has 3 N–H and O–H groups in total. The monoisotopic (exact) mass is 239 g/mol. The average Bonchev–Trinajstić information content (AvgIpc) is 2.38. The third-order valence-electron chi connectivity index (χ3n) is 2.80. The number of hydrogen-bond acceptors (Lipinski definition) is 4. The standard InChI is InChI=1S/C13H21NO3/c1-3-10(2)11-4-6-12(7-5-11)14-9-17-13(16)8-15/h4-7,10,13-16H,3,8-9H2,1-2H3. The van der Waals surface area contributed by atoms with E-state index >= 15 is 0 Å². The van der Waals surface area contributed by atoms with Crippen LogP contribution in [0.25, 0.3) is 0 Å². The third-order valence-corrected chi connectivity index (χ3v) is 2.80. The Morgan fingerprint density at radius 1 is 1.29 bits per heavy atom. The summed E-state index contributed by atoms with van der Waals surface area (Å²) in [5.74, 6) is 0.566. The van der Waals surface area contributed by atoms with Crippen LogP contribution in [0.1, 0.15) is 31.7 Å². The molecule has 0 radical (unpaired) electrons. The average molecular weight is 239 g/mol. The van der Waals surface area contributed by atoms with Gasteiger partial charge in [0.1, 0.15) is 6.73 Å². The lowest BCUT2D eigenvalue weighted by atomic mass is 9.99. The molecular formula is C13H21NO3. The number of anilines is 1. The van der Waals surface area contributed by atoms with Gasteiger partial charge in [-0.05, 0) is 30.0 Å². The molecule has 4 nitrogen and oxygen atoms in total. The van der Waals surface area contributed by atoms with E-state index < -0.39 is 12.9 Å². The zero-order valence-corrected chi connectivity index (χ0v) is 10.4. The lowest BCUT2D eigenvalue weighted by molar-refractivity contribution is -0.118. The molecule has 0 aromatic heterocycles. The Labute approximate surface area is 102 Å². The van der Waals surface area contributed by atoms with Gasteiger partial charge in [0.2, 0.25) is 0 Å². The van der Waals surface area contributed by atoms with Crippen LogP contribution in [-0.4, -0.2) is 29.8 Å². The normalized spacial score (nSPS) is 14.4. The van der Waals surface area contributed by atoms with Crippen LogP contribution in [0.3, 0.4) is 0 Å². The maximum Gasteiger partial charge on any atom is 0.180 e. The Balaban J connectivity index is 2.40. The minimum atomic E-state index is -1.12. The first kappa shape index (κ1) is 14.0. The lowest BCUT2D eigenvalue weighted by Gasteiger charge is -2.12. The second-order valence-corrected chi connectivity index (χ2v) is 4.06. The largest absolute Gasteiger partial charge is 0.391 e. The zero-order chi connectivity index (χ0) is 12.7. The molecule has 0 spiro atoms. The predicted octanol–water partition coefficient (Wildman–Crippen LogP) is 1.90. The SMILES string of the molecule is CCC(C)c1ccc(NCOC(O)CO)cc1. The van der Waals surface area contributed by atoms with Gasteiger partial charge < -0.3 is 20.3 Å². The smallest absolute Gasteiger partial charge is 0.180 e. The van der Waals surface area contributed by atoms with Crippen molar-refractivity contribution in [1.29, 1.82) is 0 Å². The van der Waals surface area contributed by atoms with E-state index in [0.717, 1.165) is 12.1 Å². The van der Waals surface area contributed by atoms with Crippen molar-refractivity contribution in [2.45, 2.75) is 32.5 Å². The number of aliphatic hydroxyl groups excluding tert-OH is 2. The van der Waals surface area contributed by atoms with E-state index in [1.54, 1.807) is 0 Å². The van der Waals surface area contributed by atoms with Crippen LogP contribution >= 0.6 is 0 Å². The molecule has 1 aromatic rings. The van der Waals surface area contributed by atoms with E-state index in [1.165, 1.54) is 5.56 Å². The topological polar surface area (TPSA) is 61.7 Å². The first-order valence-corrected chi connectivity index (χ1v) is 5.91. The first-order chi connectivity index (χ1) is 8.17. The second-order valence-electron chi connectivity index (χ2n) is 4.06. The van der Waals surface area contributed by atoms with E-state index in [-0.39, 0.29) is 6.73 Å². The van der Waals surface area contributed by atoms with Gasteiger partial charge in [-0.25, -0.2) is 0 Å². The molecule has 2 unspecified atom stereocenters. The molecule has 0 heterocycles. The molecule has 2 atom stereocenters. The van der Waals surface area contributed by atoms with Gasteiger partial charge in [-0.2, -0.15) is 0 Å². The maximum absolute atomic E-state index is 8.97. The molecule has 17 heavy (non-hydrogen) atoms. The van der Waals surface area contributed by atoms with E-state index in [2.05, 4.69) is 31.3 Å². The summed E-state index contributed by atoms with van der Waals surface area (Å²) in [6, 6.07) is 8.13. The minimum absolute atomic E-state index is 0.171. The summed E-state index contributed by atoms with van der Waals surface area (Å²) in [7, 11) is 0. The number of ether oxygens (including phenoxy) is 1. The molecule has 1 aromatic carbocycles. The van der Waals surface area contributed by atoms with Crippen molar-refractivity contribution in [2.24, 2.45) is 0 Å². The van der Waals surface area contributed by atoms with E-state index in [0.29, 0.717) is 5.92 Å². The Kier molecular flexibility index (Phi) is 5.97. The minimum Gasteiger partial charge on any atom is -0.391 e. The molecule has 0 aliphatic heterocycles. The highest BCUT2D eigenvalue weighted by atomic mass is 16.6. The number of nitrogens with one attached hydrogen (secondary N) is 1. The molecule has 0 aliphatic carbocycles. The number of aliphatic hydroxyl groups is 2. The highest BCUT2D eigenvalue weighted by molar-refractivity contribution is 5.44. The maximum atomic E-state index is 8.97. The fraction of sp³-hybridized carbons (Fsp3) is 0.538. The zero-order valence-electron chi connectivity index (χ0n) is 10.4. The number of rotatable bonds is 7. The highest BCUT2D eigenvalue weighted by Gasteiger charge is 2.03. The summed E-state index contributed by atoms with van der Waals surface area (Å²) in [5, 5.41) is 20.5. The summed E-state index contributed by atoms with van der Waals surface area (Å²) in [6.45, 7) is 4.14. The van der Waals surface area contributed by atoms with Crippen molar-refractivity contribution in [3.05, 3.63) is 29.8 Å². The fourth-order valence-corrected chi connectivity index (χ4v) is 1.44. The molecule has 96 valence electrons. The molecule has 0 fully saturated rings. The lowest BCUT2D eigenvalue weighted by Crippen LogP contribution is -2.20. The highest BCUT2D eigenvalue weighted by Crippen LogP contribution is 2.20. The van der Waals surface area contributed by atoms with Gasteiger partial charge in [-0.3, -0.25) is 0 Å². The van der Waals surface area contributed by atoms with Gasteiger partial charge in [0.25, 0.3) is 0 Å². The van der Waals surface area contributed by atoms with Crippen molar-refractivity contribution in [3.63, 3.8) is 0 Å². The quantitative estimate of drug-likeness (QED) is 0.636. The van der Waals surface area contributed by atoms with Crippen LogP contribution in [-0.2, 0) is 4.74 Å². The van der Waals surface area contributed by atoms with Crippen molar-refractivity contribution in [2.75, 3.05) is 18.7 Å². The Morgan fingerprint density at radius 3 is 2.47 bits per heavy atom. The second kappa shape index (κ2) is 7.27. The molecule has 0 aliphatic rings. The van der Waals surface area contributed by atoms with Crippen LogP contribution < -0.4 is 5.32 Å². The molecule has 0 saturated carbocycles. The van der Waals surface area contributed by atoms with Crippen molar-refractivity contribution >= 4 is 5.69 Å². The first-order valence-electron chi connectivity index (χ1n) is 5.91. The molecule has 1 rings (SSSR count). The van der Waals surface area contributed by atoms with E-state index in [1.807, 2.05) is 12.1 Å². The number of hydrogen-bond donors (Lipinski definition) is 3. The Hall–Kier alpha value is -1.10. The van der Waals surface area contributed by atoms with Crippen LogP contribution in [0.2, 0.25) is 0 Å². The summed E-state index contributed by atoms with van der Waals surface area (Å²) < 4.78 is 4.89.